The zero-order chi connectivity index (χ0) is 12.8. The number of carbonyl (C=O) groups excluding carboxylic acids is 1. The molecule has 0 aliphatic rings. The van der Waals surface area contributed by atoms with Gasteiger partial charge in [0.1, 0.15) is 5.75 Å². The van der Waals surface area contributed by atoms with Gasteiger partial charge in [-0.25, -0.2) is 4.79 Å². The van der Waals surface area contributed by atoms with Crippen LogP contribution in [0.5, 0.6) is 5.75 Å². The Balaban J connectivity index is 2.93. The van der Waals surface area contributed by atoms with Gasteiger partial charge in [0.05, 0.1) is 18.0 Å². The van der Waals surface area contributed by atoms with Crippen LogP contribution >= 0.6 is 12.2 Å². The quantitative estimate of drug-likeness (QED) is 0.469. The minimum absolute atomic E-state index is 0.423. The highest BCUT2D eigenvalue weighted by Crippen LogP contribution is 2.25. The number of methoxy groups -OCH3 is 1. The van der Waals surface area contributed by atoms with Crippen molar-refractivity contribution in [1.82, 2.24) is 0 Å². The molecule has 0 fully saturated rings. The Morgan fingerprint density at radius 2 is 2.24 bits per heavy atom. The zero-order valence-corrected chi connectivity index (χ0v) is 10.7. The normalized spacial score (nSPS) is 11.2. The fraction of sp³-hybridized carbons (Fsp3) is 0.333. The molecule has 0 aliphatic carbocycles. The van der Waals surface area contributed by atoms with Gasteiger partial charge in [0.15, 0.2) is 6.10 Å². The summed E-state index contributed by atoms with van der Waals surface area (Å²) >= 11 is 4.53. The van der Waals surface area contributed by atoms with Gasteiger partial charge in [-0.05, 0) is 37.7 Å². The van der Waals surface area contributed by atoms with Gasteiger partial charge < -0.3 is 9.47 Å². The number of thiocarbonyl (C=S) groups is 1. The first-order valence-electron chi connectivity index (χ1n) is 5.01. The van der Waals surface area contributed by atoms with Gasteiger partial charge in [-0.2, -0.15) is 4.99 Å². The molecule has 0 saturated heterocycles. The first kappa shape index (κ1) is 13.4. The molecular weight excluding hydrogens is 238 g/mol. The largest absolute Gasteiger partial charge is 0.479 e. The average molecular weight is 251 g/mol. The van der Waals surface area contributed by atoms with E-state index in [0.29, 0.717) is 11.4 Å². The van der Waals surface area contributed by atoms with Crippen LogP contribution in [-0.2, 0) is 9.53 Å². The Bertz CT molecular complexity index is 467. The molecule has 0 aromatic heterocycles. The number of carbonyl (C=O) groups is 1. The minimum atomic E-state index is -0.662. The second-order valence-electron chi connectivity index (χ2n) is 3.44. The van der Waals surface area contributed by atoms with E-state index in [9.17, 15) is 4.79 Å². The summed E-state index contributed by atoms with van der Waals surface area (Å²) in [6.07, 6.45) is -0.662. The molecule has 1 rings (SSSR count). The van der Waals surface area contributed by atoms with Gasteiger partial charge in [-0.1, -0.05) is 6.07 Å². The van der Waals surface area contributed by atoms with Crippen LogP contribution in [0.4, 0.5) is 5.69 Å². The Hall–Kier alpha value is -1.71. The molecule has 0 saturated carbocycles. The SMILES string of the molecule is COC(=O)C(C)Oc1cc(N=C=S)ccc1C. The molecule has 0 aliphatic heterocycles. The van der Waals surface area contributed by atoms with Crippen LogP contribution in [0.2, 0.25) is 0 Å². The van der Waals surface area contributed by atoms with Crippen molar-refractivity contribution in [3.8, 4) is 5.75 Å². The Labute approximate surface area is 105 Å². The minimum Gasteiger partial charge on any atom is -0.479 e. The van der Waals surface area contributed by atoms with Crippen LogP contribution in [0.15, 0.2) is 23.2 Å². The van der Waals surface area contributed by atoms with Crippen molar-refractivity contribution in [3.63, 3.8) is 0 Å². The molecule has 0 spiro atoms. The van der Waals surface area contributed by atoms with Gasteiger partial charge in [0.2, 0.25) is 0 Å². The fourth-order valence-corrected chi connectivity index (χ4v) is 1.35. The van der Waals surface area contributed by atoms with Crippen molar-refractivity contribution in [3.05, 3.63) is 23.8 Å². The topological polar surface area (TPSA) is 47.9 Å². The molecule has 0 N–H and O–H groups in total. The Kier molecular flexibility index (Phi) is 4.82. The molecule has 1 aromatic carbocycles. The lowest BCUT2D eigenvalue weighted by molar-refractivity contribution is -0.147. The van der Waals surface area contributed by atoms with Gasteiger partial charge in [-0.15, -0.1) is 0 Å². The second-order valence-corrected chi connectivity index (χ2v) is 3.62. The van der Waals surface area contributed by atoms with Gasteiger partial charge in [0, 0.05) is 6.07 Å². The monoisotopic (exact) mass is 251 g/mol. The van der Waals surface area contributed by atoms with Crippen molar-refractivity contribution in [2.24, 2.45) is 4.99 Å². The van der Waals surface area contributed by atoms with E-state index >= 15 is 0 Å². The number of aryl methyl sites for hydroxylation is 1. The van der Waals surface area contributed by atoms with Gasteiger partial charge >= 0.3 is 5.97 Å². The number of isothiocyanates is 1. The number of benzene rings is 1. The maximum absolute atomic E-state index is 11.2. The van der Waals surface area contributed by atoms with E-state index in [-0.39, 0.29) is 0 Å². The van der Waals surface area contributed by atoms with Crippen molar-refractivity contribution in [2.45, 2.75) is 20.0 Å². The molecular formula is C12H13NO3S. The van der Waals surface area contributed by atoms with E-state index in [2.05, 4.69) is 27.1 Å². The van der Waals surface area contributed by atoms with E-state index in [1.165, 1.54) is 7.11 Å². The Morgan fingerprint density at radius 3 is 2.82 bits per heavy atom. The lowest BCUT2D eigenvalue weighted by Gasteiger charge is -2.14. The van der Waals surface area contributed by atoms with Crippen molar-refractivity contribution in [1.29, 1.82) is 0 Å². The summed E-state index contributed by atoms with van der Waals surface area (Å²) in [4.78, 5) is 15.1. The third-order valence-corrected chi connectivity index (χ3v) is 2.27. The molecule has 0 radical (unpaired) electrons. The number of aliphatic imine (C=N–C) groups is 1. The van der Waals surface area contributed by atoms with E-state index in [1.807, 2.05) is 13.0 Å². The van der Waals surface area contributed by atoms with E-state index in [4.69, 9.17) is 4.74 Å². The van der Waals surface area contributed by atoms with Crippen molar-refractivity contribution >= 4 is 29.0 Å². The molecule has 17 heavy (non-hydrogen) atoms. The standard InChI is InChI=1S/C12H13NO3S/c1-8-4-5-10(13-7-17)6-11(8)16-9(2)12(14)15-3/h4-6,9H,1-3H3. The maximum Gasteiger partial charge on any atom is 0.346 e. The molecule has 90 valence electrons. The number of nitrogens with zero attached hydrogens (tertiary/aromatic N) is 1. The summed E-state index contributed by atoms with van der Waals surface area (Å²) in [5.41, 5.74) is 1.54. The van der Waals surface area contributed by atoms with Crippen LogP contribution in [0.1, 0.15) is 12.5 Å². The molecule has 5 heteroatoms. The highest BCUT2D eigenvalue weighted by molar-refractivity contribution is 7.78. The van der Waals surface area contributed by atoms with Crippen molar-refractivity contribution < 1.29 is 14.3 Å². The molecule has 1 aromatic rings. The third kappa shape index (κ3) is 3.66. The first-order chi connectivity index (χ1) is 8.08. The molecule has 1 atom stereocenters. The summed E-state index contributed by atoms with van der Waals surface area (Å²) in [5, 5.41) is 2.28. The smallest absolute Gasteiger partial charge is 0.346 e. The van der Waals surface area contributed by atoms with Gasteiger partial charge in [0.25, 0.3) is 0 Å². The maximum atomic E-state index is 11.2. The number of esters is 1. The molecule has 0 heterocycles. The number of ether oxygens (including phenoxy) is 2. The predicted octanol–water partition coefficient (Wildman–Crippen LogP) is 2.67. The molecule has 4 nitrogen and oxygen atoms in total. The first-order valence-corrected chi connectivity index (χ1v) is 5.42. The number of hydrogen-bond donors (Lipinski definition) is 0. The van der Waals surface area contributed by atoms with Crippen LogP contribution in [0.25, 0.3) is 0 Å². The Morgan fingerprint density at radius 1 is 1.53 bits per heavy atom. The van der Waals surface area contributed by atoms with E-state index in [1.54, 1.807) is 19.1 Å². The second kappa shape index (κ2) is 6.13. The summed E-state index contributed by atoms with van der Waals surface area (Å²) in [5.74, 6) is 0.155. The van der Waals surface area contributed by atoms with E-state index < -0.39 is 12.1 Å². The van der Waals surface area contributed by atoms with E-state index in [0.717, 1.165) is 5.56 Å². The van der Waals surface area contributed by atoms with Crippen LogP contribution < -0.4 is 4.74 Å². The third-order valence-electron chi connectivity index (χ3n) is 2.18. The summed E-state index contributed by atoms with van der Waals surface area (Å²) < 4.78 is 10.1. The number of rotatable bonds is 4. The van der Waals surface area contributed by atoms with Crippen LogP contribution in [-0.4, -0.2) is 24.3 Å². The fourth-order valence-electron chi connectivity index (χ4n) is 1.24. The molecule has 0 bridgehead atoms. The molecule has 1 unspecified atom stereocenters. The molecule has 0 amide bonds. The predicted molar refractivity (Wildman–Crippen MR) is 68.0 cm³/mol. The van der Waals surface area contributed by atoms with Crippen molar-refractivity contribution in [2.75, 3.05) is 7.11 Å². The van der Waals surface area contributed by atoms with Crippen LogP contribution in [0, 0.1) is 6.92 Å². The van der Waals surface area contributed by atoms with Gasteiger partial charge in [-0.3, -0.25) is 0 Å². The highest BCUT2D eigenvalue weighted by Gasteiger charge is 2.15. The zero-order valence-electron chi connectivity index (χ0n) is 9.89. The summed E-state index contributed by atoms with van der Waals surface area (Å²) in [7, 11) is 1.32. The summed E-state index contributed by atoms with van der Waals surface area (Å²) in [6.45, 7) is 3.50. The number of hydrogen-bond acceptors (Lipinski definition) is 5. The summed E-state index contributed by atoms with van der Waals surface area (Å²) in [6, 6.07) is 5.34. The lowest BCUT2D eigenvalue weighted by Crippen LogP contribution is -2.25. The highest BCUT2D eigenvalue weighted by atomic mass is 32.1. The average Bonchev–Trinajstić information content (AvgIpc) is 2.32. The van der Waals surface area contributed by atoms with Crippen LogP contribution in [0.3, 0.4) is 0 Å². The lowest BCUT2D eigenvalue weighted by atomic mass is 10.2.